The Morgan fingerprint density at radius 1 is 1.17 bits per heavy atom. The fourth-order valence-electron chi connectivity index (χ4n) is 2.44. The molecule has 0 spiro atoms. The Balaban J connectivity index is 1.67. The van der Waals surface area contributed by atoms with Gasteiger partial charge in [0.15, 0.2) is 0 Å². The van der Waals surface area contributed by atoms with E-state index in [1.165, 1.54) is 29.2 Å². The zero-order valence-electron chi connectivity index (χ0n) is 12.6. The number of nitrogens with zero attached hydrogens (tertiary/aromatic N) is 1. The number of carbonyl (C=O) groups excluding carboxylic acids is 1. The second-order valence-electron chi connectivity index (χ2n) is 5.37. The first-order valence-electron chi connectivity index (χ1n) is 7.32. The Hall–Kier alpha value is -3.09. The molecule has 0 aromatic heterocycles. The van der Waals surface area contributed by atoms with Gasteiger partial charge in [-0.05, 0) is 42.0 Å². The lowest BCUT2D eigenvalue weighted by Crippen LogP contribution is -2.38. The van der Waals surface area contributed by atoms with Gasteiger partial charge in [-0.25, -0.2) is 14.0 Å². The molecule has 0 saturated carbocycles. The summed E-state index contributed by atoms with van der Waals surface area (Å²) in [5, 5.41) is 11.6. The van der Waals surface area contributed by atoms with Crippen LogP contribution in [0.5, 0.6) is 11.5 Å². The fraction of sp³-hybridized carbons (Fsp3) is 0.176. The van der Waals surface area contributed by atoms with Crippen molar-refractivity contribution < 1.29 is 23.8 Å². The summed E-state index contributed by atoms with van der Waals surface area (Å²) in [7, 11) is 0. The first-order chi connectivity index (χ1) is 11.5. The Labute approximate surface area is 137 Å². The summed E-state index contributed by atoms with van der Waals surface area (Å²) < 4.78 is 18.4. The number of urea groups is 1. The number of nitrogens with one attached hydrogen (secondary N) is 1. The Kier molecular flexibility index (Phi) is 4.33. The highest BCUT2D eigenvalue weighted by Crippen LogP contribution is 2.23. The summed E-state index contributed by atoms with van der Waals surface area (Å²) in [6.07, 6.45) is 0. The van der Waals surface area contributed by atoms with Gasteiger partial charge in [-0.1, -0.05) is 12.1 Å². The number of carboxylic acid groups (broad SMARTS) is 1. The van der Waals surface area contributed by atoms with Gasteiger partial charge >= 0.3 is 12.0 Å². The Bertz CT molecular complexity index is 746. The van der Waals surface area contributed by atoms with Crippen molar-refractivity contribution in [1.82, 2.24) is 10.2 Å². The smallest absolute Gasteiger partial charge is 0.328 e. The number of amides is 2. The average Bonchev–Trinajstić information content (AvgIpc) is 2.93. The zero-order valence-corrected chi connectivity index (χ0v) is 12.6. The molecule has 1 heterocycles. The van der Waals surface area contributed by atoms with E-state index in [1.807, 2.05) is 0 Å². The highest BCUT2D eigenvalue weighted by atomic mass is 19.1. The molecule has 2 aromatic rings. The Morgan fingerprint density at radius 3 is 2.33 bits per heavy atom. The van der Waals surface area contributed by atoms with Crippen molar-refractivity contribution in [3.8, 4) is 11.5 Å². The van der Waals surface area contributed by atoms with Gasteiger partial charge in [-0.15, -0.1) is 0 Å². The van der Waals surface area contributed by atoms with Crippen molar-refractivity contribution in [2.75, 3.05) is 6.54 Å². The van der Waals surface area contributed by atoms with Crippen LogP contribution in [0.2, 0.25) is 0 Å². The first-order valence-corrected chi connectivity index (χ1v) is 7.32. The molecule has 124 valence electrons. The SMILES string of the molecule is O=C(O)[C@H]1CNC(=O)N1Cc1ccc(Oc2ccc(F)cc2)cc1. The lowest BCUT2D eigenvalue weighted by Gasteiger charge is -2.19. The van der Waals surface area contributed by atoms with Crippen LogP contribution < -0.4 is 10.1 Å². The van der Waals surface area contributed by atoms with Crippen molar-refractivity contribution in [2.45, 2.75) is 12.6 Å². The van der Waals surface area contributed by atoms with E-state index in [9.17, 15) is 14.0 Å². The third-order valence-corrected chi connectivity index (χ3v) is 3.69. The molecule has 0 bridgehead atoms. The van der Waals surface area contributed by atoms with E-state index in [1.54, 1.807) is 24.3 Å². The van der Waals surface area contributed by atoms with E-state index < -0.39 is 18.0 Å². The molecule has 2 amide bonds. The van der Waals surface area contributed by atoms with Gasteiger partial charge in [0.2, 0.25) is 0 Å². The van der Waals surface area contributed by atoms with Crippen molar-refractivity contribution >= 4 is 12.0 Å². The van der Waals surface area contributed by atoms with E-state index >= 15 is 0 Å². The summed E-state index contributed by atoms with van der Waals surface area (Å²) in [4.78, 5) is 24.1. The molecule has 3 rings (SSSR count). The minimum absolute atomic E-state index is 0.0972. The molecular formula is C17H15FN2O4. The molecule has 6 nitrogen and oxygen atoms in total. The first kappa shape index (κ1) is 15.8. The normalized spacial score (nSPS) is 16.8. The summed E-state index contributed by atoms with van der Waals surface area (Å²) in [5.74, 6) is -0.306. The van der Waals surface area contributed by atoms with E-state index in [2.05, 4.69) is 5.32 Å². The van der Waals surface area contributed by atoms with Crippen LogP contribution in [0.1, 0.15) is 5.56 Å². The number of ether oxygens (including phenoxy) is 1. The topological polar surface area (TPSA) is 78.9 Å². The molecule has 1 aliphatic rings. The highest BCUT2D eigenvalue weighted by Gasteiger charge is 2.35. The summed E-state index contributed by atoms with van der Waals surface area (Å²) in [6, 6.07) is 11.3. The van der Waals surface area contributed by atoms with Gasteiger partial charge in [0.25, 0.3) is 0 Å². The summed E-state index contributed by atoms with van der Waals surface area (Å²) in [6.45, 7) is 0.291. The third-order valence-electron chi connectivity index (χ3n) is 3.69. The zero-order chi connectivity index (χ0) is 17.1. The minimum atomic E-state index is -1.04. The largest absolute Gasteiger partial charge is 0.480 e. The number of carboxylic acids is 1. The van der Waals surface area contributed by atoms with Crippen LogP contribution in [-0.4, -0.2) is 34.6 Å². The summed E-state index contributed by atoms with van der Waals surface area (Å²) in [5.41, 5.74) is 0.782. The van der Waals surface area contributed by atoms with Crippen molar-refractivity contribution in [3.63, 3.8) is 0 Å². The van der Waals surface area contributed by atoms with Crippen LogP contribution in [0.4, 0.5) is 9.18 Å². The molecule has 24 heavy (non-hydrogen) atoms. The third kappa shape index (κ3) is 3.45. The van der Waals surface area contributed by atoms with E-state index in [-0.39, 0.29) is 18.9 Å². The molecule has 0 unspecified atom stereocenters. The number of aliphatic carboxylic acids is 1. The maximum absolute atomic E-state index is 12.9. The second kappa shape index (κ2) is 6.57. The van der Waals surface area contributed by atoms with Crippen LogP contribution in [-0.2, 0) is 11.3 Å². The lowest BCUT2D eigenvalue weighted by molar-refractivity contribution is -0.141. The standard InChI is InChI=1S/C17H15FN2O4/c18-12-3-7-14(8-4-12)24-13-5-1-11(2-6-13)10-20-15(16(21)22)9-19-17(20)23/h1-8,15H,9-10H2,(H,19,23)(H,21,22)/t15-/m1/s1. The lowest BCUT2D eigenvalue weighted by atomic mass is 10.2. The van der Waals surface area contributed by atoms with E-state index in [0.717, 1.165) is 5.56 Å². The predicted octanol–water partition coefficient (Wildman–Crippen LogP) is 2.60. The number of halogens is 1. The van der Waals surface area contributed by atoms with Gasteiger partial charge in [0, 0.05) is 6.54 Å². The highest BCUT2D eigenvalue weighted by molar-refractivity contribution is 5.86. The van der Waals surface area contributed by atoms with E-state index in [4.69, 9.17) is 9.84 Å². The molecule has 7 heteroatoms. The molecule has 2 aromatic carbocycles. The maximum Gasteiger partial charge on any atom is 0.328 e. The number of hydrogen-bond acceptors (Lipinski definition) is 3. The quantitative estimate of drug-likeness (QED) is 0.883. The number of rotatable bonds is 5. The minimum Gasteiger partial charge on any atom is -0.480 e. The number of carbonyl (C=O) groups is 2. The van der Waals surface area contributed by atoms with Crippen LogP contribution in [0, 0.1) is 5.82 Å². The fourth-order valence-corrected chi connectivity index (χ4v) is 2.44. The monoisotopic (exact) mass is 330 g/mol. The van der Waals surface area contributed by atoms with Gasteiger partial charge < -0.3 is 20.1 Å². The molecule has 1 fully saturated rings. The summed E-state index contributed by atoms with van der Waals surface area (Å²) >= 11 is 0. The predicted molar refractivity (Wildman–Crippen MR) is 83.3 cm³/mol. The number of hydrogen-bond donors (Lipinski definition) is 2. The maximum atomic E-state index is 12.9. The molecule has 1 saturated heterocycles. The van der Waals surface area contributed by atoms with Crippen molar-refractivity contribution in [3.05, 3.63) is 59.9 Å². The second-order valence-corrected chi connectivity index (χ2v) is 5.37. The molecule has 1 atom stereocenters. The van der Waals surface area contributed by atoms with Crippen molar-refractivity contribution in [2.24, 2.45) is 0 Å². The molecule has 0 aliphatic carbocycles. The molecule has 2 N–H and O–H groups in total. The molecule has 1 aliphatic heterocycles. The molecular weight excluding hydrogens is 315 g/mol. The van der Waals surface area contributed by atoms with E-state index in [0.29, 0.717) is 11.5 Å². The van der Waals surface area contributed by atoms with Crippen molar-refractivity contribution in [1.29, 1.82) is 0 Å². The van der Waals surface area contributed by atoms with Crippen LogP contribution in [0.3, 0.4) is 0 Å². The van der Waals surface area contributed by atoms with Crippen LogP contribution in [0.25, 0.3) is 0 Å². The average molecular weight is 330 g/mol. The molecule has 0 radical (unpaired) electrons. The van der Waals surface area contributed by atoms with Gasteiger partial charge in [0.1, 0.15) is 23.4 Å². The Morgan fingerprint density at radius 2 is 1.75 bits per heavy atom. The van der Waals surface area contributed by atoms with Crippen LogP contribution >= 0.6 is 0 Å². The van der Waals surface area contributed by atoms with Gasteiger partial charge in [0.05, 0.1) is 6.54 Å². The van der Waals surface area contributed by atoms with Crippen LogP contribution in [0.15, 0.2) is 48.5 Å². The van der Waals surface area contributed by atoms with Gasteiger partial charge in [-0.3, -0.25) is 0 Å². The number of benzene rings is 2. The van der Waals surface area contributed by atoms with Gasteiger partial charge in [-0.2, -0.15) is 0 Å².